The molecule has 0 fully saturated rings. The van der Waals surface area contributed by atoms with Crippen LogP contribution in [0.1, 0.15) is 22.3 Å². The van der Waals surface area contributed by atoms with Crippen molar-refractivity contribution < 1.29 is 0 Å². The smallest absolute Gasteiger partial charge is 0.0384 e. The molecule has 0 unspecified atom stereocenters. The molecule has 0 aromatic heterocycles. The second-order valence-corrected chi connectivity index (χ2v) is 3.57. The van der Waals surface area contributed by atoms with Crippen LogP contribution in [0.3, 0.4) is 0 Å². The van der Waals surface area contributed by atoms with Crippen LogP contribution in [0.5, 0.6) is 0 Å². The molecule has 0 atom stereocenters. The van der Waals surface area contributed by atoms with Gasteiger partial charge in [0.15, 0.2) is 0 Å². The summed E-state index contributed by atoms with van der Waals surface area (Å²) in [6, 6.07) is 2.36. The number of nitrogen functional groups attached to an aromatic ring is 1. The van der Waals surface area contributed by atoms with Gasteiger partial charge >= 0.3 is 0 Å². The second-order valence-electron chi connectivity index (χ2n) is 3.57. The first-order valence-electron chi connectivity index (χ1n) is 4.28. The molecule has 0 aliphatic heterocycles. The van der Waals surface area contributed by atoms with Crippen molar-refractivity contribution in [3.8, 4) is 0 Å². The van der Waals surface area contributed by atoms with Crippen LogP contribution in [0, 0.1) is 0 Å². The van der Waals surface area contributed by atoms with Crippen molar-refractivity contribution in [2.45, 2.75) is 25.7 Å². The first-order valence-corrected chi connectivity index (χ1v) is 4.28. The standard InChI is InChI=1S/C10H11N/c11-10-8-3-1-6(8)5-7-2-4-9(7)10/h5H,1-4,11H2. The maximum atomic E-state index is 5.99. The van der Waals surface area contributed by atoms with Crippen molar-refractivity contribution in [1.82, 2.24) is 0 Å². The molecule has 2 N–H and O–H groups in total. The zero-order chi connectivity index (χ0) is 7.42. The molecule has 1 aromatic rings. The lowest BCUT2D eigenvalue weighted by molar-refractivity contribution is 0.782. The van der Waals surface area contributed by atoms with Crippen molar-refractivity contribution in [2.75, 3.05) is 5.73 Å². The van der Waals surface area contributed by atoms with E-state index in [-0.39, 0.29) is 0 Å². The average molecular weight is 145 g/mol. The van der Waals surface area contributed by atoms with E-state index >= 15 is 0 Å². The zero-order valence-electron chi connectivity index (χ0n) is 6.48. The van der Waals surface area contributed by atoms with Crippen LogP contribution in [-0.4, -0.2) is 0 Å². The molecule has 2 aliphatic rings. The third-order valence-corrected chi connectivity index (χ3v) is 3.06. The summed E-state index contributed by atoms with van der Waals surface area (Å²) < 4.78 is 0. The number of aryl methyl sites for hydroxylation is 2. The molecule has 0 spiro atoms. The first-order chi connectivity index (χ1) is 5.36. The van der Waals surface area contributed by atoms with Gasteiger partial charge in [-0.1, -0.05) is 6.07 Å². The maximum Gasteiger partial charge on any atom is 0.0384 e. The molecule has 2 aliphatic carbocycles. The minimum atomic E-state index is 1.12. The molecule has 0 bridgehead atoms. The molecule has 1 nitrogen and oxygen atoms in total. The summed E-state index contributed by atoms with van der Waals surface area (Å²) in [5.41, 5.74) is 13.0. The number of hydrogen-bond acceptors (Lipinski definition) is 1. The van der Waals surface area contributed by atoms with Gasteiger partial charge in [0.1, 0.15) is 0 Å². The van der Waals surface area contributed by atoms with Crippen LogP contribution >= 0.6 is 0 Å². The monoisotopic (exact) mass is 145 g/mol. The van der Waals surface area contributed by atoms with E-state index in [4.69, 9.17) is 5.73 Å². The zero-order valence-corrected chi connectivity index (χ0v) is 6.48. The van der Waals surface area contributed by atoms with Gasteiger partial charge in [0.2, 0.25) is 0 Å². The Kier molecular flexibility index (Phi) is 0.823. The Hall–Kier alpha value is -0.980. The normalized spacial score (nSPS) is 17.8. The summed E-state index contributed by atoms with van der Waals surface area (Å²) in [4.78, 5) is 0. The van der Waals surface area contributed by atoms with E-state index in [1.54, 1.807) is 0 Å². The van der Waals surface area contributed by atoms with E-state index in [0.29, 0.717) is 0 Å². The fourth-order valence-electron chi connectivity index (χ4n) is 2.11. The minimum absolute atomic E-state index is 1.12. The molecule has 1 aromatic carbocycles. The number of anilines is 1. The van der Waals surface area contributed by atoms with Gasteiger partial charge < -0.3 is 5.73 Å². The molecular formula is C10H11N. The van der Waals surface area contributed by atoms with Gasteiger partial charge in [-0.25, -0.2) is 0 Å². The third kappa shape index (κ3) is 0.528. The molecule has 0 radical (unpaired) electrons. The highest BCUT2D eigenvalue weighted by molar-refractivity contribution is 5.66. The quantitative estimate of drug-likeness (QED) is 0.549. The highest BCUT2D eigenvalue weighted by Gasteiger charge is 2.25. The molecule has 0 saturated carbocycles. The summed E-state index contributed by atoms with van der Waals surface area (Å²) in [7, 11) is 0. The largest absolute Gasteiger partial charge is 0.398 e. The molecule has 1 heteroatoms. The molecule has 0 saturated heterocycles. The third-order valence-electron chi connectivity index (χ3n) is 3.06. The van der Waals surface area contributed by atoms with Gasteiger partial charge in [0.25, 0.3) is 0 Å². The Labute approximate surface area is 66.2 Å². The number of benzene rings is 1. The molecule has 0 heterocycles. The van der Waals surface area contributed by atoms with E-state index in [0.717, 1.165) is 5.69 Å². The van der Waals surface area contributed by atoms with E-state index in [1.807, 2.05) is 0 Å². The van der Waals surface area contributed by atoms with Crippen LogP contribution in [0.15, 0.2) is 6.07 Å². The van der Waals surface area contributed by atoms with Crippen molar-refractivity contribution in [3.63, 3.8) is 0 Å². The predicted molar refractivity (Wildman–Crippen MR) is 45.7 cm³/mol. The lowest BCUT2D eigenvalue weighted by Gasteiger charge is -2.30. The maximum absolute atomic E-state index is 5.99. The fourth-order valence-corrected chi connectivity index (χ4v) is 2.11. The predicted octanol–water partition coefficient (Wildman–Crippen LogP) is 1.47. The molecule has 3 rings (SSSR count). The van der Waals surface area contributed by atoms with Crippen LogP contribution in [-0.2, 0) is 25.7 Å². The van der Waals surface area contributed by atoms with Crippen molar-refractivity contribution >= 4 is 5.69 Å². The molecule has 11 heavy (non-hydrogen) atoms. The van der Waals surface area contributed by atoms with E-state index in [9.17, 15) is 0 Å². The van der Waals surface area contributed by atoms with Crippen LogP contribution in [0.4, 0.5) is 5.69 Å². The van der Waals surface area contributed by atoms with E-state index in [1.165, 1.54) is 47.9 Å². The van der Waals surface area contributed by atoms with Crippen LogP contribution < -0.4 is 5.73 Å². The number of rotatable bonds is 0. The number of nitrogens with two attached hydrogens (primary N) is 1. The molecular weight excluding hydrogens is 134 g/mol. The fraction of sp³-hybridized carbons (Fsp3) is 0.400. The van der Waals surface area contributed by atoms with Gasteiger partial charge in [-0.15, -0.1) is 0 Å². The second kappa shape index (κ2) is 1.60. The van der Waals surface area contributed by atoms with Gasteiger partial charge in [0, 0.05) is 5.69 Å². The summed E-state index contributed by atoms with van der Waals surface area (Å²) in [5, 5.41) is 0. The lowest BCUT2D eigenvalue weighted by Crippen LogP contribution is -2.20. The van der Waals surface area contributed by atoms with Crippen molar-refractivity contribution in [3.05, 3.63) is 28.3 Å². The van der Waals surface area contributed by atoms with Gasteiger partial charge in [0.05, 0.1) is 0 Å². The van der Waals surface area contributed by atoms with Gasteiger partial charge in [-0.05, 0) is 47.9 Å². The minimum Gasteiger partial charge on any atom is -0.398 e. The topological polar surface area (TPSA) is 26.0 Å². The SMILES string of the molecule is Nc1c2c(cc3c1CC3)CC2. The van der Waals surface area contributed by atoms with E-state index < -0.39 is 0 Å². The summed E-state index contributed by atoms with van der Waals surface area (Å²) in [6.45, 7) is 0. The van der Waals surface area contributed by atoms with E-state index in [2.05, 4.69) is 6.07 Å². The van der Waals surface area contributed by atoms with Gasteiger partial charge in [-0.3, -0.25) is 0 Å². The van der Waals surface area contributed by atoms with Crippen LogP contribution in [0.25, 0.3) is 0 Å². The Balaban J connectivity index is 2.34. The molecule has 0 amide bonds. The van der Waals surface area contributed by atoms with Crippen molar-refractivity contribution in [2.24, 2.45) is 0 Å². The summed E-state index contributed by atoms with van der Waals surface area (Å²) in [6.07, 6.45) is 4.95. The Morgan fingerprint density at radius 1 is 0.909 bits per heavy atom. The van der Waals surface area contributed by atoms with Crippen LogP contribution in [0.2, 0.25) is 0 Å². The van der Waals surface area contributed by atoms with Gasteiger partial charge in [-0.2, -0.15) is 0 Å². The average Bonchev–Trinajstić information content (AvgIpc) is 1.80. The Morgan fingerprint density at radius 3 is 1.82 bits per heavy atom. The lowest BCUT2D eigenvalue weighted by atomic mass is 9.77. The Bertz CT molecular complexity index is 309. The van der Waals surface area contributed by atoms with Crippen molar-refractivity contribution in [1.29, 1.82) is 0 Å². The first kappa shape index (κ1) is 5.64. The summed E-state index contributed by atoms with van der Waals surface area (Å²) in [5.74, 6) is 0. The summed E-state index contributed by atoms with van der Waals surface area (Å²) >= 11 is 0. The number of hydrogen-bond donors (Lipinski definition) is 1. The highest BCUT2D eigenvalue weighted by atomic mass is 14.6. The Morgan fingerprint density at radius 2 is 1.45 bits per heavy atom. The highest BCUT2D eigenvalue weighted by Crippen LogP contribution is 2.38. The molecule has 56 valence electrons. The number of fused-ring (bicyclic) bond motifs is 2.